The summed E-state index contributed by atoms with van der Waals surface area (Å²) in [5, 5.41) is 0. The lowest BCUT2D eigenvalue weighted by Crippen LogP contribution is -2.08. The van der Waals surface area contributed by atoms with Crippen molar-refractivity contribution in [3.05, 3.63) is 19.2 Å². The molecule has 2 N–H and O–H groups in total. The van der Waals surface area contributed by atoms with E-state index in [0.29, 0.717) is 0 Å². The number of halogens is 2. The number of thiophene rings is 1. The van der Waals surface area contributed by atoms with Crippen molar-refractivity contribution >= 4 is 43.2 Å². The van der Waals surface area contributed by atoms with E-state index in [-0.39, 0.29) is 6.04 Å². The van der Waals surface area contributed by atoms with Gasteiger partial charge in [-0.25, -0.2) is 0 Å². The first-order valence-corrected chi connectivity index (χ1v) is 6.77. The summed E-state index contributed by atoms with van der Waals surface area (Å²) < 4.78 is 2.27. The molecule has 0 radical (unpaired) electrons. The molecule has 1 aliphatic carbocycles. The number of nitrogens with two attached hydrogens (primary N) is 1. The topological polar surface area (TPSA) is 26.0 Å². The van der Waals surface area contributed by atoms with Crippen molar-refractivity contribution in [1.82, 2.24) is 0 Å². The zero-order valence-corrected chi connectivity index (χ0v) is 11.1. The molecule has 72 valence electrons. The minimum atomic E-state index is 0.236. The first-order chi connectivity index (χ1) is 6.16. The van der Waals surface area contributed by atoms with Gasteiger partial charge in [0.25, 0.3) is 0 Å². The van der Waals surface area contributed by atoms with Crippen LogP contribution in [0.4, 0.5) is 0 Å². The third-order valence-electron chi connectivity index (χ3n) is 2.31. The van der Waals surface area contributed by atoms with Crippen LogP contribution in [0.15, 0.2) is 14.3 Å². The molecule has 1 nitrogen and oxygen atoms in total. The van der Waals surface area contributed by atoms with Gasteiger partial charge in [-0.2, -0.15) is 0 Å². The zero-order valence-electron chi connectivity index (χ0n) is 7.09. The van der Waals surface area contributed by atoms with Crippen LogP contribution in [-0.4, -0.2) is 0 Å². The van der Waals surface area contributed by atoms with Gasteiger partial charge in [0.1, 0.15) is 0 Å². The first kappa shape index (κ1) is 10.1. The second-order valence-electron chi connectivity index (χ2n) is 3.56. The highest BCUT2D eigenvalue weighted by molar-refractivity contribution is 9.13. The van der Waals surface area contributed by atoms with E-state index in [2.05, 4.69) is 37.9 Å². The molecule has 1 heterocycles. The lowest BCUT2D eigenvalue weighted by Gasteiger charge is -2.06. The molecule has 0 unspecified atom stereocenters. The quantitative estimate of drug-likeness (QED) is 0.891. The molecular weight excluding hydrogens is 314 g/mol. The van der Waals surface area contributed by atoms with Gasteiger partial charge in [0.05, 0.1) is 3.79 Å². The molecule has 1 fully saturated rings. The molecule has 2 rings (SSSR count). The highest BCUT2D eigenvalue weighted by atomic mass is 79.9. The van der Waals surface area contributed by atoms with Gasteiger partial charge >= 0.3 is 0 Å². The molecule has 0 aliphatic heterocycles. The van der Waals surface area contributed by atoms with Gasteiger partial charge in [-0.1, -0.05) is 12.8 Å². The van der Waals surface area contributed by atoms with Gasteiger partial charge in [-0.15, -0.1) is 11.3 Å². The van der Waals surface area contributed by atoms with Gasteiger partial charge in [0.15, 0.2) is 0 Å². The summed E-state index contributed by atoms with van der Waals surface area (Å²) in [7, 11) is 0. The van der Waals surface area contributed by atoms with Crippen LogP contribution in [0.25, 0.3) is 0 Å². The molecular formula is C9H11Br2NS. The molecule has 0 spiro atoms. The monoisotopic (exact) mass is 323 g/mol. The normalized spacial score (nSPS) is 19.0. The fourth-order valence-electron chi connectivity index (χ4n) is 1.37. The van der Waals surface area contributed by atoms with Crippen molar-refractivity contribution in [1.29, 1.82) is 0 Å². The maximum atomic E-state index is 6.09. The lowest BCUT2D eigenvalue weighted by molar-refractivity contribution is 0.605. The van der Waals surface area contributed by atoms with E-state index in [4.69, 9.17) is 5.73 Å². The molecule has 0 aromatic carbocycles. The Bertz CT molecular complexity index is 287. The molecule has 1 atom stereocenters. The zero-order chi connectivity index (χ0) is 9.42. The Hall–Kier alpha value is 0.620. The van der Waals surface area contributed by atoms with E-state index >= 15 is 0 Å². The van der Waals surface area contributed by atoms with Gasteiger partial charge in [-0.3, -0.25) is 0 Å². The van der Waals surface area contributed by atoms with E-state index in [1.807, 2.05) is 0 Å². The molecule has 1 aromatic heterocycles. The third-order valence-corrected chi connectivity index (χ3v) is 5.70. The van der Waals surface area contributed by atoms with Crippen LogP contribution in [-0.2, 0) is 0 Å². The standard InChI is InChI=1S/C9H11Br2NS/c10-6-4-8(13-9(6)11)7(12)3-5-1-2-5/h4-5,7H,1-3,12H2/t7-/m0/s1. The summed E-state index contributed by atoms with van der Waals surface area (Å²) in [4.78, 5) is 1.28. The summed E-state index contributed by atoms with van der Waals surface area (Å²) in [6.45, 7) is 0. The lowest BCUT2D eigenvalue weighted by atomic mass is 10.1. The van der Waals surface area contributed by atoms with Crippen LogP contribution in [0, 0.1) is 5.92 Å². The summed E-state index contributed by atoms with van der Waals surface area (Å²) in [6, 6.07) is 2.36. The molecule has 0 saturated heterocycles. The second-order valence-corrected chi connectivity index (χ2v) is 6.81. The van der Waals surface area contributed by atoms with Crippen LogP contribution in [0.5, 0.6) is 0 Å². The second kappa shape index (κ2) is 4.01. The Morgan fingerprint density at radius 1 is 1.54 bits per heavy atom. The molecule has 4 heteroatoms. The van der Waals surface area contributed by atoms with Crippen molar-refractivity contribution < 1.29 is 0 Å². The number of hydrogen-bond acceptors (Lipinski definition) is 2. The van der Waals surface area contributed by atoms with E-state index in [1.54, 1.807) is 11.3 Å². The number of hydrogen-bond donors (Lipinski definition) is 1. The molecule has 0 bridgehead atoms. The minimum absolute atomic E-state index is 0.236. The SMILES string of the molecule is N[C@@H](CC1CC1)c1cc(Br)c(Br)s1. The van der Waals surface area contributed by atoms with Crippen molar-refractivity contribution in [2.45, 2.75) is 25.3 Å². The van der Waals surface area contributed by atoms with E-state index in [9.17, 15) is 0 Å². The predicted molar refractivity (Wildman–Crippen MR) is 64.0 cm³/mol. The molecule has 1 saturated carbocycles. The van der Waals surface area contributed by atoms with Crippen LogP contribution in [0.2, 0.25) is 0 Å². The highest BCUT2D eigenvalue weighted by Gasteiger charge is 2.25. The average molecular weight is 325 g/mol. The third kappa shape index (κ3) is 2.55. The average Bonchev–Trinajstić information content (AvgIpc) is 2.81. The van der Waals surface area contributed by atoms with Crippen molar-refractivity contribution in [3.63, 3.8) is 0 Å². The van der Waals surface area contributed by atoms with Crippen LogP contribution in [0.1, 0.15) is 30.2 Å². The van der Waals surface area contributed by atoms with Gasteiger partial charge in [0, 0.05) is 15.4 Å². The van der Waals surface area contributed by atoms with E-state index in [0.717, 1.165) is 20.6 Å². The number of rotatable bonds is 3. The van der Waals surface area contributed by atoms with E-state index < -0.39 is 0 Å². The minimum Gasteiger partial charge on any atom is -0.323 e. The predicted octanol–water partition coefficient (Wildman–Crippen LogP) is 4.07. The Morgan fingerprint density at radius 2 is 2.23 bits per heavy atom. The summed E-state index contributed by atoms with van der Waals surface area (Å²) >= 11 is 8.69. The summed E-state index contributed by atoms with van der Waals surface area (Å²) in [6.07, 6.45) is 3.90. The van der Waals surface area contributed by atoms with Crippen LogP contribution < -0.4 is 5.73 Å². The van der Waals surface area contributed by atoms with Gasteiger partial charge in [-0.05, 0) is 50.3 Å². The smallest absolute Gasteiger partial charge is 0.0843 e. The largest absolute Gasteiger partial charge is 0.323 e. The Labute approximate surface area is 99.0 Å². The Balaban J connectivity index is 2.05. The molecule has 13 heavy (non-hydrogen) atoms. The van der Waals surface area contributed by atoms with Crippen molar-refractivity contribution in [2.75, 3.05) is 0 Å². The molecule has 0 amide bonds. The Morgan fingerprint density at radius 3 is 2.69 bits per heavy atom. The van der Waals surface area contributed by atoms with Crippen LogP contribution >= 0.6 is 43.2 Å². The first-order valence-electron chi connectivity index (χ1n) is 4.37. The molecule has 1 aromatic rings. The Kier molecular flexibility index (Phi) is 3.13. The van der Waals surface area contributed by atoms with Gasteiger partial charge in [0.2, 0.25) is 0 Å². The van der Waals surface area contributed by atoms with Crippen molar-refractivity contribution in [3.8, 4) is 0 Å². The maximum Gasteiger partial charge on any atom is 0.0843 e. The fraction of sp³-hybridized carbons (Fsp3) is 0.556. The summed E-state index contributed by atoms with van der Waals surface area (Å²) in [5.41, 5.74) is 6.09. The summed E-state index contributed by atoms with van der Waals surface area (Å²) in [5.74, 6) is 0.898. The molecule has 1 aliphatic rings. The fourth-order valence-corrected chi connectivity index (χ4v) is 3.48. The maximum absolute atomic E-state index is 6.09. The van der Waals surface area contributed by atoms with E-state index in [1.165, 1.54) is 17.7 Å². The van der Waals surface area contributed by atoms with Crippen LogP contribution in [0.3, 0.4) is 0 Å². The van der Waals surface area contributed by atoms with Crippen molar-refractivity contribution in [2.24, 2.45) is 11.7 Å². The van der Waals surface area contributed by atoms with Gasteiger partial charge < -0.3 is 5.73 Å². The highest BCUT2D eigenvalue weighted by Crippen LogP contribution is 2.41.